The lowest BCUT2D eigenvalue weighted by molar-refractivity contribution is -0.0502. The molecule has 3 aliphatic rings. The fourth-order valence-electron chi connectivity index (χ4n) is 5.17. The highest BCUT2D eigenvalue weighted by Crippen LogP contribution is 2.25. The van der Waals surface area contributed by atoms with Crippen LogP contribution in [0, 0.1) is 5.92 Å². The molecule has 4 rings (SSSR count). The van der Waals surface area contributed by atoms with Crippen LogP contribution in [0.5, 0.6) is 0 Å². The number of rotatable bonds is 6. The first kappa shape index (κ1) is 21.6. The van der Waals surface area contributed by atoms with Gasteiger partial charge in [-0.3, -0.25) is 9.89 Å². The lowest BCUT2D eigenvalue weighted by Gasteiger charge is -2.36. The van der Waals surface area contributed by atoms with Crippen LogP contribution >= 0.6 is 0 Å². The average molecular weight is 414 g/mol. The molecule has 0 bridgehead atoms. The van der Waals surface area contributed by atoms with E-state index in [4.69, 9.17) is 9.73 Å². The Labute approximate surface area is 182 Å². The fourth-order valence-corrected chi connectivity index (χ4v) is 5.17. The number of hydrogen-bond donors (Lipinski definition) is 1. The van der Waals surface area contributed by atoms with Crippen LogP contribution < -0.4 is 5.32 Å². The van der Waals surface area contributed by atoms with Crippen LogP contribution in [-0.4, -0.2) is 91.8 Å². The van der Waals surface area contributed by atoms with Crippen LogP contribution in [0.4, 0.5) is 0 Å². The maximum atomic E-state index is 6.18. The van der Waals surface area contributed by atoms with E-state index in [0.29, 0.717) is 12.0 Å². The van der Waals surface area contributed by atoms with Gasteiger partial charge in [0.05, 0.1) is 18.8 Å². The minimum absolute atomic E-state index is 0.275. The first-order valence-corrected chi connectivity index (χ1v) is 11.9. The Balaban J connectivity index is 1.39. The molecule has 166 valence electrons. The molecule has 3 heterocycles. The number of guanidine groups is 1. The lowest BCUT2D eigenvalue weighted by atomic mass is 9.98. The number of fused-ring (bicyclic) bond motifs is 1. The van der Waals surface area contributed by atoms with Crippen molar-refractivity contribution in [2.45, 2.75) is 45.4 Å². The van der Waals surface area contributed by atoms with E-state index in [1.165, 1.54) is 31.5 Å². The number of hydrogen-bond acceptors (Lipinski definition) is 4. The number of benzene rings is 1. The highest BCUT2D eigenvalue weighted by Gasteiger charge is 2.41. The Bertz CT molecular complexity index is 681. The molecule has 3 unspecified atom stereocenters. The Morgan fingerprint density at radius 2 is 2.00 bits per heavy atom. The molecule has 6 nitrogen and oxygen atoms in total. The Morgan fingerprint density at radius 1 is 1.13 bits per heavy atom. The van der Waals surface area contributed by atoms with Gasteiger partial charge in [-0.1, -0.05) is 37.3 Å². The number of morpholine rings is 1. The zero-order valence-electron chi connectivity index (χ0n) is 18.8. The van der Waals surface area contributed by atoms with Gasteiger partial charge in [-0.15, -0.1) is 0 Å². The summed E-state index contributed by atoms with van der Waals surface area (Å²) in [6.45, 7) is 14.6. The van der Waals surface area contributed by atoms with E-state index in [-0.39, 0.29) is 6.10 Å². The summed E-state index contributed by atoms with van der Waals surface area (Å²) in [5.41, 5.74) is 1.38. The van der Waals surface area contributed by atoms with Crippen LogP contribution in [0.2, 0.25) is 0 Å². The molecule has 3 atom stereocenters. The monoisotopic (exact) mass is 413 g/mol. The Hall–Kier alpha value is -1.63. The van der Waals surface area contributed by atoms with Crippen LogP contribution in [0.1, 0.15) is 32.3 Å². The van der Waals surface area contributed by atoms with Gasteiger partial charge in [0.25, 0.3) is 0 Å². The van der Waals surface area contributed by atoms with Crippen LogP contribution in [0.25, 0.3) is 0 Å². The smallest absolute Gasteiger partial charge is 0.194 e. The largest absolute Gasteiger partial charge is 0.373 e. The number of nitrogens with one attached hydrogen (secondary N) is 1. The van der Waals surface area contributed by atoms with Crippen molar-refractivity contribution < 1.29 is 4.74 Å². The van der Waals surface area contributed by atoms with E-state index in [1.54, 1.807) is 0 Å². The van der Waals surface area contributed by atoms with Gasteiger partial charge >= 0.3 is 0 Å². The summed E-state index contributed by atoms with van der Waals surface area (Å²) < 4.78 is 6.18. The Morgan fingerprint density at radius 3 is 2.80 bits per heavy atom. The van der Waals surface area contributed by atoms with Gasteiger partial charge in [-0.25, -0.2) is 0 Å². The van der Waals surface area contributed by atoms with Crippen molar-refractivity contribution in [1.82, 2.24) is 20.0 Å². The quantitative estimate of drug-likeness (QED) is 0.573. The average Bonchev–Trinajstić information content (AvgIpc) is 3.23. The molecule has 1 aromatic rings. The van der Waals surface area contributed by atoms with E-state index >= 15 is 0 Å². The molecule has 0 saturated carbocycles. The fraction of sp³-hybridized carbons (Fsp3) is 0.708. The topological polar surface area (TPSA) is 43.3 Å². The molecular weight excluding hydrogens is 374 g/mol. The number of nitrogens with zero attached hydrogens (tertiary/aromatic N) is 4. The van der Waals surface area contributed by atoms with Crippen molar-refractivity contribution in [2.24, 2.45) is 10.9 Å². The van der Waals surface area contributed by atoms with Crippen LogP contribution in [-0.2, 0) is 11.3 Å². The molecule has 0 aliphatic carbocycles. The molecule has 0 radical (unpaired) electrons. The molecule has 3 fully saturated rings. The van der Waals surface area contributed by atoms with E-state index < -0.39 is 0 Å². The number of aliphatic imine (C=N–C) groups is 1. The molecule has 0 spiro atoms. The van der Waals surface area contributed by atoms with Crippen molar-refractivity contribution in [3.05, 3.63) is 35.9 Å². The number of ether oxygens (including phenoxy) is 1. The van der Waals surface area contributed by atoms with Crippen molar-refractivity contribution in [3.8, 4) is 0 Å². The summed E-state index contributed by atoms with van der Waals surface area (Å²) >= 11 is 0. The van der Waals surface area contributed by atoms with Crippen molar-refractivity contribution >= 4 is 5.96 Å². The number of piperidine rings is 1. The maximum Gasteiger partial charge on any atom is 0.194 e. The van der Waals surface area contributed by atoms with Crippen LogP contribution in [0.15, 0.2) is 35.3 Å². The normalized spacial score (nSPS) is 28.5. The van der Waals surface area contributed by atoms with E-state index in [9.17, 15) is 0 Å². The third-order valence-electron chi connectivity index (χ3n) is 6.83. The first-order valence-electron chi connectivity index (χ1n) is 11.9. The summed E-state index contributed by atoms with van der Waals surface area (Å²) in [4.78, 5) is 12.7. The minimum atomic E-state index is 0.275. The maximum absolute atomic E-state index is 6.18. The first-order chi connectivity index (χ1) is 14.8. The molecule has 1 N–H and O–H groups in total. The summed E-state index contributed by atoms with van der Waals surface area (Å²) in [7, 11) is 0. The number of likely N-dealkylation sites (tertiary alicyclic amines) is 2. The molecule has 6 heteroatoms. The zero-order chi connectivity index (χ0) is 20.8. The van der Waals surface area contributed by atoms with Gasteiger partial charge in [-0.2, -0.15) is 0 Å². The third-order valence-corrected chi connectivity index (χ3v) is 6.83. The molecule has 1 aromatic carbocycles. The predicted molar refractivity (Wildman–Crippen MR) is 123 cm³/mol. The van der Waals surface area contributed by atoms with E-state index in [2.05, 4.69) is 64.2 Å². The standard InChI is InChI=1S/C24H39N5O/c1-3-25-24(26-15-21-11-8-12-27(4-2)16-21)29-18-22-23(19-29)30-14-13-28(22)17-20-9-6-5-7-10-20/h5-7,9-10,21-23H,3-4,8,11-19H2,1-2H3,(H,25,26). The third kappa shape index (κ3) is 5.34. The van der Waals surface area contributed by atoms with Crippen molar-refractivity contribution in [3.63, 3.8) is 0 Å². The molecular formula is C24H39N5O. The van der Waals surface area contributed by atoms with Crippen LogP contribution in [0.3, 0.4) is 0 Å². The second kappa shape index (κ2) is 10.6. The highest BCUT2D eigenvalue weighted by atomic mass is 16.5. The zero-order valence-corrected chi connectivity index (χ0v) is 18.8. The van der Waals surface area contributed by atoms with Gasteiger partial charge in [0, 0.05) is 45.8 Å². The minimum Gasteiger partial charge on any atom is -0.373 e. The second-order valence-corrected chi connectivity index (χ2v) is 8.93. The van der Waals surface area contributed by atoms with Gasteiger partial charge in [0.15, 0.2) is 5.96 Å². The van der Waals surface area contributed by atoms with Gasteiger partial charge < -0.3 is 19.9 Å². The summed E-state index contributed by atoms with van der Waals surface area (Å²) in [6, 6.07) is 11.3. The van der Waals surface area contributed by atoms with Crippen molar-refractivity contribution in [1.29, 1.82) is 0 Å². The van der Waals surface area contributed by atoms with Crippen molar-refractivity contribution in [2.75, 3.05) is 59.0 Å². The van der Waals surface area contributed by atoms with E-state index in [1.807, 2.05) is 0 Å². The Kier molecular flexibility index (Phi) is 7.63. The molecule has 0 aromatic heterocycles. The summed E-state index contributed by atoms with van der Waals surface area (Å²) in [6.07, 6.45) is 2.89. The van der Waals surface area contributed by atoms with Gasteiger partial charge in [0.1, 0.15) is 0 Å². The predicted octanol–water partition coefficient (Wildman–Crippen LogP) is 2.27. The van der Waals surface area contributed by atoms with Gasteiger partial charge in [0.2, 0.25) is 0 Å². The summed E-state index contributed by atoms with van der Waals surface area (Å²) in [5, 5.41) is 3.55. The lowest BCUT2D eigenvalue weighted by Crippen LogP contribution is -2.50. The molecule has 3 saturated heterocycles. The molecule has 0 amide bonds. The van der Waals surface area contributed by atoms with E-state index in [0.717, 1.165) is 58.4 Å². The van der Waals surface area contributed by atoms with Gasteiger partial charge in [-0.05, 0) is 44.3 Å². The SMILES string of the molecule is CCNC(=NCC1CCCN(CC)C1)N1CC2OCCN(Cc3ccccc3)C2C1. The summed E-state index contributed by atoms with van der Waals surface area (Å²) in [5.74, 6) is 1.76. The second-order valence-electron chi connectivity index (χ2n) is 8.93. The molecule has 3 aliphatic heterocycles. The highest BCUT2D eigenvalue weighted by molar-refractivity contribution is 5.80. The molecule has 30 heavy (non-hydrogen) atoms.